The molecule has 0 saturated carbocycles. The van der Waals surface area contributed by atoms with E-state index in [2.05, 4.69) is 103 Å². The van der Waals surface area contributed by atoms with Gasteiger partial charge in [-0.2, -0.15) is 10.5 Å². The van der Waals surface area contributed by atoms with E-state index in [1.54, 1.807) is 22.7 Å². The minimum absolute atomic E-state index is 0.518. The molecule has 0 radical (unpaired) electrons. The van der Waals surface area contributed by atoms with Gasteiger partial charge in [0.05, 0.1) is 11.1 Å². The van der Waals surface area contributed by atoms with Gasteiger partial charge in [0, 0.05) is 57.0 Å². The first-order valence-electron chi connectivity index (χ1n) is 13.6. The molecule has 0 amide bonds. The van der Waals surface area contributed by atoms with Gasteiger partial charge in [0.15, 0.2) is 0 Å². The van der Waals surface area contributed by atoms with E-state index in [-0.39, 0.29) is 0 Å². The van der Waals surface area contributed by atoms with E-state index < -0.39 is 0 Å². The second-order valence-electron chi connectivity index (χ2n) is 10.3. The lowest BCUT2D eigenvalue weighted by atomic mass is 9.83. The van der Waals surface area contributed by atoms with E-state index in [1.165, 1.54) is 35.0 Å². The van der Waals surface area contributed by atoms with E-state index >= 15 is 0 Å². The molecule has 42 heavy (non-hydrogen) atoms. The average Bonchev–Trinajstić information content (AvgIpc) is 3.62. The van der Waals surface area contributed by atoms with Crippen LogP contribution in [0.15, 0.2) is 121 Å². The van der Waals surface area contributed by atoms with Crippen LogP contribution < -0.4 is 0 Å². The molecule has 0 aliphatic rings. The third kappa shape index (κ3) is 3.67. The number of nitrogens with zero attached hydrogens (tertiary/aromatic N) is 2. The highest BCUT2D eigenvalue weighted by Crippen LogP contribution is 2.46. The number of rotatable bonds is 3. The Kier molecular flexibility index (Phi) is 5.66. The van der Waals surface area contributed by atoms with Crippen LogP contribution >= 0.6 is 22.7 Å². The van der Waals surface area contributed by atoms with Gasteiger partial charge in [0.2, 0.25) is 0 Å². The van der Waals surface area contributed by atoms with Crippen molar-refractivity contribution in [2.75, 3.05) is 0 Å². The summed E-state index contributed by atoms with van der Waals surface area (Å²) < 4.78 is 4.81. The zero-order valence-corrected chi connectivity index (χ0v) is 23.9. The van der Waals surface area contributed by atoms with Crippen molar-refractivity contribution < 1.29 is 0 Å². The van der Waals surface area contributed by atoms with Crippen LogP contribution in [0, 0.1) is 22.7 Å². The molecule has 0 fully saturated rings. The van der Waals surface area contributed by atoms with Crippen molar-refractivity contribution >= 4 is 63.0 Å². The molecule has 0 spiro atoms. The van der Waals surface area contributed by atoms with Crippen LogP contribution in [0.2, 0.25) is 0 Å². The Morgan fingerprint density at radius 3 is 1.83 bits per heavy atom. The maximum Gasteiger partial charge on any atom is 0.100 e. The van der Waals surface area contributed by atoms with E-state index in [0.29, 0.717) is 16.7 Å². The molecule has 4 heteroatoms. The first kappa shape index (κ1) is 24.5. The summed E-state index contributed by atoms with van der Waals surface area (Å²) >= 11 is 3.53. The Morgan fingerprint density at radius 2 is 1.05 bits per heavy atom. The summed E-state index contributed by atoms with van der Waals surface area (Å²) in [5, 5.41) is 26.1. The average molecular weight is 569 g/mol. The van der Waals surface area contributed by atoms with Gasteiger partial charge in [-0.3, -0.25) is 0 Å². The van der Waals surface area contributed by atoms with Crippen LogP contribution in [-0.4, -0.2) is 0 Å². The van der Waals surface area contributed by atoms with Crippen LogP contribution in [0.3, 0.4) is 0 Å². The number of fused-ring (bicyclic) bond motifs is 6. The lowest BCUT2D eigenvalue weighted by molar-refractivity contribution is 1.44. The molecular weight excluding hydrogens is 549 g/mol. The van der Waals surface area contributed by atoms with Crippen LogP contribution in [0.1, 0.15) is 11.1 Å². The first-order chi connectivity index (χ1) is 20.7. The maximum absolute atomic E-state index is 10.7. The van der Waals surface area contributed by atoms with Gasteiger partial charge in [-0.05, 0) is 47.0 Å². The second-order valence-corrected chi connectivity index (χ2v) is 12.4. The summed E-state index contributed by atoms with van der Waals surface area (Å²) in [6.07, 6.45) is 0. The number of thiophene rings is 2. The fraction of sp³-hybridized carbons (Fsp3) is 0. The molecule has 194 valence electrons. The van der Waals surface area contributed by atoms with Crippen molar-refractivity contribution in [2.24, 2.45) is 0 Å². The maximum atomic E-state index is 10.7. The molecule has 8 rings (SSSR count). The first-order valence-corrected chi connectivity index (χ1v) is 15.3. The van der Waals surface area contributed by atoms with Gasteiger partial charge in [-0.25, -0.2) is 0 Å². The molecule has 0 aliphatic heterocycles. The van der Waals surface area contributed by atoms with Crippen LogP contribution in [-0.2, 0) is 0 Å². The highest BCUT2D eigenvalue weighted by molar-refractivity contribution is 7.26. The SMILES string of the molecule is N#Cc1c(-c2ccc3c(c2)sc2ccccc23)cc(-c2cccc3sc4ccccc4c23)c(C#N)c1-c1ccccc1. The highest BCUT2D eigenvalue weighted by atomic mass is 32.1. The quantitative estimate of drug-likeness (QED) is 0.213. The van der Waals surface area contributed by atoms with Crippen molar-refractivity contribution in [2.45, 2.75) is 0 Å². The van der Waals surface area contributed by atoms with Crippen molar-refractivity contribution in [3.05, 3.63) is 132 Å². The van der Waals surface area contributed by atoms with Gasteiger partial charge in [-0.15, -0.1) is 22.7 Å². The normalized spacial score (nSPS) is 11.3. The van der Waals surface area contributed by atoms with Crippen molar-refractivity contribution in [1.82, 2.24) is 0 Å². The summed E-state index contributed by atoms with van der Waals surface area (Å²) in [6.45, 7) is 0. The van der Waals surface area contributed by atoms with Crippen LogP contribution in [0.4, 0.5) is 0 Å². The molecule has 0 N–H and O–H groups in total. The highest BCUT2D eigenvalue weighted by Gasteiger charge is 2.23. The third-order valence-electron chi connectivity index (χ3n) is 8.00. The van der Waals surface area contributed by atoms with E-state index in [9.17, 15) is 10.5 Å². The zero-order chi connectivity index (χ0) is 28.2. The second kappa shape index (κ2) is 9.68. The Bertz CT molecular complexity index is 2430. The lowest BCUT2D eigenvalue weighted by Crippen LogP contribution is -1.98. The molecule has 2 aromatic heterocycles. The predicted octanol–water partition coefficient (Wildman–Crippen LogP) is 11.2. The van der Waals surface area contributed by atoms with Gasteiger partial charge in [-0.1, -0.05) is 91.0 Å². The summed E-state index contributed by atoms with van der Waals surface area (Å²) in [5.74, 6) is 0. The standard InChI is InChI=1S/C38H20N2S2/c39-21-31-29(24-17-18-26-25-11-4-6-14-33(25)42-36(26)19-24)20-30(32(22-40)37(31)23-9-2-1-3-10-23)27-13-8-16-35-38(27)28-12-5-7-15-34(28)41-35/h1-20H. The zero-order valence-electron chi connectivity index (χ0n) is 22.3. The van der Waals surface area contributed by atoms with Crippen molar-refractivity contribution in [3.8, 4) is 45.5 Å². The number of benzene rings is 6. The Hall–Kier alpha value is -5.26. The largest absolute Gasteiger partial charge is 0.192 e. The molecule has 0 saturated heterocycles. The molecule has 2 heterocycles. The van der Waals surface area contributed by atoms with Crippen LogP contribution in [0.5, 0.6) is 0 Å². The topological polar surface area (TPSA) is 47.6 Å². The molecular formula is C38H20N2S2. The van der Waals surface area contributed by atoms with Crippen molar-refractivity contribution in [3.63, 3.8) is 0 Å². The Labute approximate surface area is 250 Å². The number of hydrogen-bond donors (Lipinski definition) is 0. The van der Waals surface area contributed by atoms with Gasteiger partial charge in [0.1, 0.15) is 12.1 Å². The van der Waals surface area contributed by atoms with Crippen LogP contribution in [0.25, 0.3) is 73.7 Å². The van der Waals surface area contributed by atoms with E-state index in [4.69, 9.17) is 0 Å². The molecule has 2 nitrogen and oxygen atoms in total. The van der Waals surface area contributed by atoms with Crippen molar-refractivity contribution in [1.29, 1.82) is 10.5 Å². The fourth-order valence-corrected chi connectivity index (χ4v) is 8.42. The predicted molar refractivity (Wildman–Crippen MR) is 178 cm³/mol. The Balaban J connectivity index is 1.50. The molecule has 8 aromatic rings. The minimum atomic E-state index is 0.518. The molecule has 0 bridgehead atoms. The van der Waals surface area contributed by atoms with Gasteiger partial charge < -0.3 is 0 Å². The summed E-state index contributed by atoms with van der Waals surface area (Å²) in [6, 6.07) is 46.6. The Morgan fingerprint density at radius 1 is 0.429 bits per heavy atom. The number of nitriles is 2. The van der Waals surface area contributed by atoms with E-state index in [0.717, 1.165) is 33.2 Å². The molecule has 0 unspecified atom stereocenters. The lowest BCUT2D eigenvalue weighted by Gasteiger charge is -2.18. The summed E-state index contributed by atoms with van der Waals surface area (Å²) in [7, 11) is 0. The minimum Gasteiger partial charge on any atom is -0.192 e. The fourth-order valence-electron chi connectivity index (χ4n) is 6.14. The smallest absolute Gasteiger partial charge is 0.100 e. The summed E-state index contributed by atoms with van der Waals surface area (Å²) in [4.78, 5) is 0. The third-order valence-corrected chi connectivity index (χ3v) is 10.3. The molecule has 0 atom stereocenters. The number of hydrogen-bond acceptors (Lipinski definition) is 4. The van der Waals surface area contributed by atoms with Gasteiger partial charge >= 0.3 is 0 Å². The van der Waals surface area contributed by atoms with Gasteiger partial charge in [0.25, 0.3) is 0 Å². The summed E-state index contributed by atoms with van der Waals surface area (Å²) in [5.41, 5.74) is 6.23. The van der Waals surface area contributed by atoms with E-state index in [1.807, 2.05) is 30.3 Å². The monoisotopic (exact) mass is 568 g/mol. The molecule has 6 aromatic carbocycles. The molecule has 0 aliphatic carbocycles.